The third-order valence-corrected chi connectivity index (χ3v) is 9.46. The van der Waals surface area contributed by atoms with Crippen LogP contribution < -0.4 is 0 Å². The second-order valence-corrected chi connectivity index (χ2v) is 11.0. The minimum Gasteiger partial charge on any atom is -0.461 e. The Balaban J connectivity index is 1.67. The van der Waals surface area contributed by atoms with Crippen LogP contribution in [-0.4, -0.2) is 41.3 Å². The maximum atomic E-state index is 11.7. The van der Waals surface area contributed by atoms with E-state index in [1.807, 2.05) is 0 Å². The largest absolute Gasteiger partial charge is 0.461 e. The Bertz CT molecular complexity index is 648. The van der Waals surface area contributed by atoms with Gasteiger partial charge >= 0.3 is 5.97 Å². The van der Waals surface area contributed by atoms with E-state index in [9.17, 15) is 9.90 Å². The average Bonchev–Trinajstić information content (AvgIpc) is 2.86. The number of fused-ring (bicyclic) bond motifs is 5. The van der Waals surface area contributed by atoms with E-state index >= 15 is 0 Å². The fraction of sp³-hybridized carbons (Fsp3) is 0.864. The molecule has 3 saturated carbocycles. The first-order valence-corrected chi connectivity index (χ1v) is 11.4. The summed E-state index contributed by atoms with van der Waals surface area (Å²) in [5.74, 6) is 0.913. The number of halogens is 1. The molecule has 5 heteroatoms. The molecule has 4 nitrogen and oxygen atoms in total. The molecule has 3 fully saturated rings. The van der Waals surface area contributed by atoms with Gasteiger partial charge in [0.25, 0.3) is 0 Å². The number of methoxy groups -OCH3 is 1. The maximum Gasteiger partial charge on any atom is 0.302 e. The fourth-order valence-electron chi connectivity index (χ4n) is 7.13. The molecule has 0 bridgehead atoms. The molecule has 0 aromatic carbocycles. The van der Waals surface area contributed by atoms with Gasteiger partial charge in [-0.1, -0.05) is 41.4 Å². The molecule has 0 aliphatic heterocycles. The van der Waals surface area contributed by atoms with Crippen molar-refractivity contribution in [2.45, 2.75) is 82.4 Å². The molecule has 0 amide bonds. The van der Waals surface area contributed by atoms with Gasteiger partial charge in [0.05, 0.1) is 17.0 Å². The number of aliphatic hydroxyl groups is 1. The lowest BCUT2D eigenvalue weighted by Gasteiger charge is -2.58. The van der Waals surface area contributed by atoms with Crippen LogP contribution in [0, 0.1) is 28.6 Å². The minimum atomic E-state index is -0.408. The van der Waals surface area contributed by atoms with Gasteiger partial charge in [0.2, 0.25) is 0 Å². The zero-order chi connectivity index (χ0) is 19.6. The molecule has 152 valence electrons. The summed E-state index contributed by atoms with van der Waals surface area (Å²) in [6.45, 7) is 6.20. The van der Waals surface area contributed by atoms with E-state index in [0.717, 1.165) is 38.5 Å². The first-order valence-electron chi connectivity index (χ1n) is 10.4. The SMILES string of the molecule is CO[C@H]1CC[C@@]2(C)C(=CC(O)C3C2CC[C@@]2(C)C3C[C@@H](Br)[C@@H]2OC(C)=O)C1. The van der Waals surface area contributed by atoms with Crippen molar-refractivity contribution in [2.24, 2.45) is 28.6 Å². The van der Waals surface area contributed by atoms with Gasteiger partial charge in [-0.05, 0) is 61.7 Å². The normalized spacial score (nSPS) is 51.6. The van der Waals surface area contributed by atoms with Crippen LogP contribution in [-0.2, 0) is 14.3 Å². The quantitative estimate of drug-likeness (QED) is 0.396. The Morgan fingerprint density at radius 3 is 2.67 bits per heavy atom. The Kier molecular flexibility index (Phi) is 5.04. The van der Waals surface area contributed by atoms with E-state index in [-0.39, 0.29) is 39.8 Å². The molecule has 4 unspecified atom stereocenters. The monoisotopic (exact) mass is 440 g/mol. The van der Waals surface area contributed by atoms with Crippen LogP contribution in [0.2, 0.25) is 0 Å². The van der Waals surface area contributed by atoms with E-state index in [2.05, 4.69) is 35.9 Å². The van der Waals surface area contributed by atoms with E-state index in [1.54, 1.807) is 7.11 Å². The molecule has 0 aromatic rings. The van der Waals surface area contributed by atoms with Gasteiger partial charge in [-0.15, -0.1) is 0 Å². The molecule has 0 saturated heterocycles. The van der Waals surface area contributed by atoms with Crippen LogP contribution in [0.4, 0.5) is 0 Å². The number of hydrogen-bond donors (Lipinski definition) is 1. The maximum absolute atomic E-state index is 11.7. The van der Waals surface area contributed by atoms with Crippen molar-refractivity contribution in [1.29, 1.82) is 0 Å². The number of ether oxygens (including phenoxy) is 2. The number of carbonyl (C=O) groups is 1. The smallest absolute Gasteiger partial charge is 0.302 e. The Morgan fingerprint density at radius 2 is 2.00 bits per heavy atom. The zero-order valence-corrected chi connectivity index (χ0v) is 18.5. The average molecular weight is 441 g/mol. The molecule has 27 heavy (non-hydrogen) atoms. The number of hydrogen-bond acceptors (Lipinski definition) is 4. The fourth-order valence-corrected chi connectivity index (χ4v) is 8.25. The van der Waals surface area contributed by atoms with Gasteiger partial charge in [-0.3, -0.25) is 4.79 Å². The molecule has 0 radical (unpaired) electrons. The van der Waals surface area contributed by atoms with Crippen molar-refractivity contribution in [3.8, 4) is 0 Å². The summed E-state index contributed by atoms with van der Waals surface area (Å²) in [5.41, 5.74) is 1.51. The zero-order valence-electron chi connectivity index (χ0n) is 16.9. The summed E-state index contributed by atoms with van der Waals surface area (Å²) in [5, 5.41) is 11.2. The minimum absolute atomic E-state index is 0.0621. The van der Waals surface area contributed by atoms with Crippen LogP contribution in [0.1, 0.15) is 59.3 Å². The van der Waals surface area contributed by atoms with Crippen LogP contribution in [0.25, 0.3) is 0 Å². The predicted octanol–water partition coefficient (Wildman–Crippen LogP) is 4.24. The lowest BCUT2D eigenvalue weighted by atomic mass is 9.47. The van der Waals surface area contributed by atoms with Crippen molar-refractivity contribution in [2.75, 3.05) is 7.11 Å². The summed E-state index contributed by atoms with van der Waals surface area (Å²) in [6, 6.07) is 0. The van der Waals surface area contributed by atoms with Crippen LogP contribution in [0.3, 0.4) is 0 Å². The Hall–Kier alpha value is -0.390. The summed E-state index contributed by atoms with van der Waals surface area (Å²) in [6.07, 6.45) is 8.24. The third kappa shape index (κ3) is 2.95. The second-order valence-electron chi connectivity index (χ2n) is 9.82. The number of esters is 1. The van der Waals surface area contributed by atoms with Crippen molar-refractivity contribution in [3.05, 3.63) is 11.6 Å². The number of rotatable bonds is 2. The third-order valence-electron chi connectivity index (χ3n) is 8.61. The molecule has 0 spiro atoms. The second kappa shape index (κ2) is 6.84. The van der Waals surface area contributed by atoms with Gasteiger partial charge in [-0.25, -0.2) is 0 Å². The molecular weight excluding hydrogens is 408 g/mol. The van der Waals surface area contributed by atoms with E-state index < -0.39 is 6.10 Å². The van der Waals surface area contributed by atoms with Gasteiger partial charge in [0.15, 0.2) is 0 Å². The van der Waals surface area contributed by atoms with E-state index in [0.29, 0.717) is 11.8 Å². The first kappa shape index (κ1) is 19.9. The standard InChI is InChI=1S/C22H33BrO4/c1-12(24)27-20-17(23)11-16-19-15(6-8-22(16,20)3)21(2)7-5-14(26-4)9-13(21)10-18(19)25/h10,14-20,25H,5-9,11H2,1-4H3/t14-,15?,16?,17+,18?,19?,20-,21-,22-/m0/s1. The highest BCUT2D eigenvalue weighted by Gasteiger charge is 2.63. The first-order chi connectivity index (χ1) is 12.7. The van der Waals surface area contributed by atoms with Crippen molar-refractivity contribution < 1.29 is 19.4 Å². The Morgan fingerprint density at radius 1 is 1.26 bits per heavy atom. The van der Waals surface area contributed by atoms with Crippen molar-refractivity contribution >= 4 is 21.9 Å². The number of aliphatic hydroxyl groups excluding tert-OH is 1. The lowest BCUT2D eigenvalue weighted by molar-refractivity contribution is -0.159. The molecular formula is C22H33BrO4. The highest BCUT2D eigenvalue weighted by molar-refractivity contribution is 9.09. The summed E-state index contributed by atoms with van der Waals surface area (Å²) in [7, 11) is 1.80. The Labute approximate surface area is 171 Å². The van der Waals surface area contributed by atoms with Gasteiger partial charge < -0.3 is 14.6 Å². The number of carbonyl (C=O) groups excluding carboxylic acids is 1. The molecule has 0 aromatic heterocycles. The summed E-state index contributed by atoms with van der Waals surface area (Å²) in [4.78, 5) is 11.9. The van der Waals surface area contributed by atoms with Crippen LogP contribution in [0.15, 0.2) is 11.6 Å². The highest BCUT2D eigenvalue weighted by atomic mass is 79.9. The molecule has 4 rings (SSSR count). The van der Waals surface area contributed by atoms with Crippen LogP contribution in [0.5, 0.6) is 0 Å². The summed E-state index contributed by atoms with van der Waals surface area (Å²) >= 11 is 3.80. The number of alkyl halides is 1. The molecule has 0 heterocycles. The molecule has 4 aliphatic rings. The van der Waals surface area contributed by atoms with E-state index in [4.69, 9.17) is 9.47 Å². The molecule has 1 N–H and O–H groups in total. The van der Waals surface area contributed by atoms with Crippen molar-refractivity contribution in [3.63, 3.8) is 0 Å². The van der Waals surface area contributed by atoms with Gasteiger partial charge in [-0.2, -0.15) is 0 Å². The highest BCUT2D eigenvalue weighted by Crippen LogP contribution is 2.66. The van der Waals surface area contributed by atoms with E-state index in [1.165, 1.54) is 12.5 Å². The molecule has 9 atom stereocenters. The van der Waals surface area contributed by atoms with Gasteiger partial charge in [0, 0.05) is 19.4 Å². The topological polar surface area (TPSA) is 55.8 Å². The molecule has 4 aliphatic carbocycles. The predicted molar refractivity (Wildman–Crippen MR) is 108 cm³/mol. The van der Waals surface area contributed by atoms with Crippen molar-refractivity contribution in [1.82, 2.24) is 0 Å². The lowest BCUT2D eigenvalue weighted by Crippen LogP contribution is -2.55. The van der Waals surface area contributed by atoms with Gasteiger partial charge in [0.1, 0.15) is 6.10 Å². The van der Waals surface area contributed by atoms with Crippen LogP contribution >= 0.6 is 15.9 Å². The summed E-state index contributed by atoms with van der Waals surface area (Å²) < 4.78 is 11.4.